The molecule has 0 aliphatic carbocycles. The summed E-state index contributed by atoms with van der Waals surface area (Å²) in [7, 11) is 0. The van der Waals surface area contributed by atoms with E-state index in [9.17, 15) is 4.79 Å². The molecule has 1 amide bonds. The van der Waals surface area contributed by atoms with Crippen molar-refractivity contribution < 1.29 is 9.53 Å². The Morgan fingerprint density at radius 3 is 2.91 bits per heavy atom. The van der Waals surface area contributed by atoms with Gasteiger partial charge in [0.2, 0.25) is 5.91 Å². The Balaban J connectivity index is 0.00000242. The highest BCUT2D eigenvalue weighted by Crippen LogP contribution is 2.28. The lowest BCUT2D eigenvalue weighted by Gasteiger charge is -2.22. The van der Waals surface area contributed by atoms with Crippen LogP contribution in [0.5, 0.6) is 5.75 Å². The summed E-state index contributed by atoms with van der Waals surface area (Å²) in [5.74, 6) is 1.04. The first-order chi connectivity index (χ1) is 10.0. The Labute approximate surface area is 146 Å². The van der Waals surface area contributed by atoms with E-state index in [2.05, 4.69) is 22.9 Å². The van der Waals surface area contributed by atoms with Crippen molar-refractivity contribution in [3.8, 4) is 5.75 Å². The molecule has 1 aliphatic heterocycles. The van der Waals surface area contributed by atoms with Crippen LogP contribution in [0, 0.1) is 5.41 Å². The van der Waals surface area contributed by atoms with E-state index >= 15 is 0 Å². The molecule has 1 saturated heterocycles. The van der Waals surface area contributed by atoms with Gasteiger partial charge >= 0.3 is 0 Å². The number of carbonyl (C=O) groups is 1. The lowest BCUT2D eigenvalue weighted by atomic mass is 9.90. The van der Waals surface area contributed by atoms with E-state index in [-0.39, 0.29) is 23.7 Å². The average molecular weight is 392 g/mol. The van der Waals surface area contributed by atoms with Crippen LogP contribution < -0.4 is 10.5 Å². The Kier molecular flexibility index (Phi) is 7.66. The molecule has 124 valence electrons. The van der Waals surface area contributed by atoms with Gasteiger partial charge in [-0.3, -0.25) is 4.79 Å². The maximum Gasteiger partial charge on any atom is 0.222 e. The van der Waals surface area contributed by atoms with Gasteiger partial charge in [0.25, 0.3) is 0 Å². The van der Waals surface area contributed by atoms with Crippen LogP contribution in [0.3, 0.4) is 0 Å². The maximum absolute atomic E-state index is 12.1. The Morgan fingerprint density at radius 2 is 2.27 bits per heavy atom. The van der Waals surface area contributed by atoms with Crippen molar-refractivity contribution in [2.75, 3.05) is 26.2 Å². The van der Waals surface area contributed by atoms with Gasteiger partial charge < -0.3 is 15.4 Å². The van der Waals surface area contributed by atoms with Gasteiger partial charge in [0, 0.05) is 24.0 Å². The summed E-state index contributed by atoms with van der Waals surface area (Å²) in [6, 6.07) is 7.73. The van der Waals surface area contributed by atoms with Gasteiger partial charge in [-0.2, -0.15) is 0 Å². The predicted molar refractivity (Wildman–Crippen MR) is 94.5 cm³/mol. The molecule has 1 aliphatic rings. The van der Waals surface area contributed by atoms with E-state index in [0.717, 1.165) is 36.2 Å². The lowest BCUT2D eigenvalue weighted by molar-refractivity contribution is -0.130. The van der Waals surface area contributed by atoms with Crippen molar-refractivity contribution in [1.82, 2.24) is 4.90 Å². The van der Waals surface area contributed by atoms with Crippen molar-refractivity contribution in [3.63, 3.8) is 0 Å². The number of rotatable bonds is 6. The van der Waals surface area contributed by atoms with Crippen LogP contribution in [0.1, 0.15) is 26.2 Å². The molecule has 0 saturated carbocycles. The van der Waals surface area contributed by atoms with Gasteiger partial charge in [0.05, 0.1) is 6.61 Å². The molecule has 0 spiro atoms. The van der Waals surface area contributed by atoms with Gasteiger partial charge in [0.1, 0.15) is 5.75 Å². The molecule has 1 aromatic carbocycles. The first-order valence-corrected chi connectivity index (χ1v) is 8.18. The van der Waals surface area contributed by atoms with Crippen LogP contribution in [-0.4, -0.2) is 37.0 Å². The fraction of sp³-hybridized carbons (Fsp3) is 0.562. The first-order valence-electron chi connectivity index (χ1n) is 7.39. The van der Waals surface area contributed by atoms with E-state index < -0.39 is 0 Å². The Bertz CT molecular complexity index is 501. The number of nitrogens with two attached hydrogens (primary N) is 1. The van der Waals surface area contributed by atoms with Gasteiger partial charge in [-0.1, -0.05) is 28.9 Å². The zero-order valence-electron chi connectivity index (χ0n) is 12.9. The number of carbonyl (C=O) groups excluding carboxylic acids is 1. The molecule has 0 aromatic heterocycles. The first kappa shape index (κ1) is 19.3. The molecule has 0 bridgehead atoms. The summed E-state index contributed by atoms with van der Waals surface area (Å²) in [4.78, 5) is 14.1. The Morgan fingerprint density at radius 1 is 1.50 bits per heavy atom. The monoisotopic (exact) mass is 390 g/mol. The van der Waals surface area contributed by atoms with E-state index in [4.69, 9.17) is 10.5 Å². The Hall–Kier alpha value is -0.780. The molecule has 6 heteroatoms. The van der Waals surface area contributed by atoms with Crippen molar-refractivity contribution in [1.29, 1.82) is 0 Å². The second kappa shape index (κ2) is 8.75. The van der Waals surface area contributed by atoms with E-state index in [1.54, 1.807) is 0 Å². The highest BCUT2D eigenvalue weighted by atomic mass is 79.9. The average Bonchev–Trinajstić information content (AvgIpc) is 2.87. The highest BCUT2D eigenvalue weighted by Gasteiger charge is 2.34. The second-order valence-corrected chi connectivity index (χ2v) is 6.91. The minimum absolute atomic E-state index is 0. The molecule has 2 rings (SSSR count). The topological polar surface area (TPSA) is 55.6 Å². The van der Waals surface area contributed by atoms with Crippen LogP contribution in [0.4, 0.5) is 0 Å². The molecular weight excluding hydrogens is 368 g/mol. The van der Waals surface area contributed by atoms with E-state index in [1.165, 1.54) is 0 Å². The standard InChI is InChI=1S/C16H23BrN2O2.ClH/c1-16(11-18)7-8-19(12-16)15(20)6-3-9-21-14-5-2-4-13(17)10-14;/h2,4-5,10H,3,6-9,11-12,18H2,1H3;1H. The SMILES string of the molecule is CC1(CN)CCN(C(=O)CCCOc2cccc(Br)c2)C1.Cl. The van der Waals surface area contributed by atoms with Crippen molar-refractivity contribution in [3.05, 3.63) is 28.7 Å². The maximum atomic E-state index is 12.1. The molecule has 4 nitrogen and oxygen atoms in total. The molecule has 22 heavy (non-hydrogen) atoms. The minimum atomic E-state index is 0. The number of benzene rings is 1. The van der Waals surface area contributed by atoms with E-state index in [0.29, 0.717) is 19.6 Å². The third kappa shape index (κ3) is 5.45. The quantitative estimate of drug-likeness (QED) is 0.758. The summed E-state index contributed by atoms with van der Waals surface area (Å²) >= 11 is 3.41. The van der Waals surface area contributed by atoms with Crippen molar-refractivity contribution in [2.45, 2.75) is 26.2 Å². The zero-order valence-corrected chi connectivity index (χ0v) is 15.3. The third-order valence-electron chi connectivity index (χ3n) is 4.00. The normalized spacial score (nSPS) is 20.6. The zero-order chi connectivity index (χ0) is 15.3. The smallest absolute Gasteiger partial charge is 0.222 e. The van der Waals surface area contributed by atoms with Crippen LogP contribution in [0.25, 0.3) is 0 Å². The molecule has 2 N–H and O–H groups in total. The summed E-state index contributed by atoms with van der Waals surface area (Å²) in [5.41, 5.74) is 5.87. The molecule has 1 fully saturated rings. The number of amides is 1. The van der Waals surface area contributed by atoms with Crippen LogP contribution in [0.2, 0.25) is 0 Å². The van der Waals surface area contributed by atoms with Crippen molar-refractivity contribution >= 4 is 34.2 Å². The summed E-state index contributed by atoms with van der Waals surface area (Å²) in [5, 5.41) is 0. The number of halogens is 2. The summed E-state index contributed by atoms with van der Waals surface area (Å²) < 4.78 is 6.64. The molecule has 1 unspecified atom stereocenters. The molecular formula is C16H24BrClN2O2. The van der Waals surface area contributed by atoms with Gasteiger partial charge in [-0.15, -0.1) is 12.4 Å². The third-order valence-corrected chi connectivity index (χ3v) is 4.50. The summed E-state index contributed by atoms with van der Waals surface area (Å²) in [6.07, 6.45) is 2.28. The highest BCUT2D eigenvalue weighted by molar-refractivity contribution is 9.10. The molecule has 0 radical (unpaired) electrons. The van der Waals surface area contributed by atoms with Gasteiger partial charge in [0.15, 0.2) is 0 Å². The van der Waals surface area contributed by atoms with Crippen LogP contribution >= 0.6 is 28.3 Å². The van der Waals surface area contributed by atoms with Gasteiger partial charge in [-0.05, 0) is 43.0 Å². The number of hydrogen-bond donors (Lipinski definition) is 1. The van der Waals surface area contributed by atoms with E-state index in [1.807, 2.05) is 29.2 Å². The molecule has 1 heterocycles. The fourth-order valence-electron chi connectivity index (χ4n) is 2.53. The predicted octanol–water partition coefficient (Wildman–Crippen LogP) is 3.23. The lowest BCUT2D eigenvalue weighted by Crippen LogP contribution is -2.34. The van der Waals surface area contributed by atoms with Crippen LogP contribution in [0.15, 0.2) is 28.7 Å². The second-order valence-electron chi connectivity index (χ2n) is 5.99. The largest absolute Gasteiger partial charge is 0.494 e. The van der Waals surface area contributed by atoms with Crippen LogP contribution in [-0.2, 0) is 4.79 Å². The molecule has 1 atom stereocenters. The van der Waals surface area contributed by atoms with Crippen molar-refractivity contribution in [2.24, 2.45) is 11.1 Å². The number of ether oxygens (including phenoxy) is 1. The summed E-state index contributed by atoms with van der Waals surface area (Å²) in [6.45, 7) is 4.97. The molecule has 1 aromatic rings. The number of nitrogens with zero attached hydrogens (tertiary/aromatic N) is 1. The minimum Gasteiger partial charge on any atom is -0.494 e. The fourth-order valence-corrected chi connectivity index (χ4v) is 2.91. The van der Waals surface area contributed by atoms with Gasteiger partial charge in [-0.25, -0.2) is 0 Å². The number of hydrogen-bond acceptors (Lipinski definition) is 3. The number of likely N-dealkylation sites (tertiary alicyclic amines) is 1.